The van der Waals surface area contributed by atoms with Crippen LogP contribution in [-0.2, 0) is 6.42 Å². The maximum Gasteiger partial charge on any atom is 0.183 e. The molecule has 0 saturated heterocycles. The SMILES string of the molecule is Cc1ccc(Cc2nnc(Br)s2)cc1. The zero-order valence-corrected chi connectivity index (χ0v) is 10.1. The van der Waals surface area contributed by atoms with Crippen molar-refractivity contribution in [3.05, 3.63) is 44.3 Å². The highest BCUT2D eigenvalue weighted by atomic mass is 79.9. The highest BCUT2D eigenvalue weighted by Crippen LogP contribution is 2.18. The maximum atomic E-state index is 4.06. The first-order valence-electron chi connectivity index (χ1n) is 4.27. The molecular weight excluding hydrogens is 260 g/mol. The predicted molar refractivity (Wildman–Crippen MR) is 61.6 cm³/mol. The molecule has 0 radical (unpaired) electrons. The smallest absolute Gasteiger partial charge is 0.142 e. The second-order valence-electron chi connectivity index (χ2n) is 3.11. The van der Waals surface area contributed by atoms with E-state index < -0.39 is 0 Å². The van der Waals surface area contributed by atoms with Crippen molar-refractivity contribution in [1.29, 1.82) is 0 Å². The van der Waals surface area contributed by atoms with Gasteiger partial charge in [0.25, 0.3) is 0 Å². The Balaban J connectivity index is 2.15. The molecule has 0 fully saturated rings. The van der Waals surface area contributed by atoms with Gasteiger partial charge in [0.2, 0.25) is 0 Å². The van der Waals surface area contributed by atoms with E-state index in [0.29, 0.717) is 0 Å². The van der Waals surface area contributed by atoms with Crippen molar-refractivity contribution >= 4 is 27.3 Å². The highest BCUT2D eigenvalue weighted by Gasteiger charge is 2.02. The zero-order chi connectivity index (χ0) is 9.97. The van der Waals surface area contributed by atoms with E-state index >= 15 is 0 Å². The lowest BCUT2D eigenvalue weighted by molar-refractivity contribution is 0.992. The third kappa shape index (κ3) is 2.39. The van der Waals surface area contributed by atoms with Crippen LogP contribution < -0.4 is 0 Å². The number of aryl methyl sites for hydroxylation is 1. The van der Waals surface area contributed by atoms with E-state index in [1.165, 1.54) is 11.1 Å². The van der Waals surface area contributed by atoms with Crippen LogP contribution in [0.3, 0.4) is 0 Å². The van der Waals surface area contributed by atoms with Gasteiger partial charge in [0.1, 0.15) is 5.01 Å². The van der Waals surface area contributed by atoms with Gasteiger partial charge in [-0.1, -0.05) is 41.2 Å². The van der Waals surface area contributed by atoms with Crippen molar-refractivity contribution < 1.29 is 0 Å². The number of aromatic nitrogens is 2. The van der Waals surface area contributed by atoms with E-state index in [0.717, 1.165) is 15.3 Å². The third-order valence-electron chi connectivity index (χ3n) is 1.92. The number of hydrogen-bond donors (Lipinski definition) is 0. The molecule has 2 rings (SSSR count). The molecule has 0 aliphatic rings. The van der Waals surface area contributed by atoms with Crippen molar-refractivity contribution in [2.75, 3.05) is 0 Å². The van der Waals surface area contributed by atoms with Gasteiger partial charge >= 0.3 is 0 Å². The summed E-state index contributed by atoms with van der Waals surface area (Å²) in [6.45, 7) is 2.09. The minimum Gasteiger partial charge on any atom is -0.142 e. The summed E-state index contributed by atoms with van der Waals surface area (Å²) in [7, 11) is 0. The summed E-state index contributed by atoms with van der Waals surface area (Å²) in [5.74, 6) is 0. The van der Waals surface area contributed by atoms with Crippen LogP contribution in [0.4, 0.5) is 0 Å². The molecule has 0 N–H and O–H groups in total. The van der Waals surface area contributed by atoms with Gasteiger partial charge in [-0.3, -0.25) is 0 Å². The number of benzene rings is 1. The number of halogens is 1. The molecule has 14 heavy (non-hydrogen) atoms. The van der Waals surface area contributed by atoms with Crippen molar-refractivity contribution in [3.8, 4) is 0 Å². The Bertz CT molecular complexity index is 422. The van der Waals surface area contributed by atoms with Gasteiger partial charge in [0.15, 0.2) is 3.92 Å². The summed E-state index contributed by atoms with van der Waals surface area (Å²) in [4.78, 5) is 0. The van der Waals surface area contributed by atoms with Crippen molar-refractivity contribution in [2.24, 2.45) is 0 Å². The van der Waals surface area contributed by atoms with Gasteiger partial charge in [0.05, 0.1) is 0 Å². The number of hydrogen-bond acceptors (Lipinski definition) is 3. The van der Waals surface area contributed by atoms with E-state index in [2.05, 4.69) is 57.3 Å². The summed E-state index contributed by atoms with van der Waals surface area (Å²) >= 11 is 4.88. The fourth-order valence-electron chi connectivity index (χ4n) is 1.19. The molecule has 0 amide bonds. The molecule has 0 saturated carbocycles. The quantitative estimate of drug-likeness (QED) is 0.836. The molecule has 0 atom stereocenters. The lowest BCUT2D eigenvalue weighted by atomic mass is 10.1. The Morgan fingerprint density at radius 2 is 1.93 bits per heavy atom. The molecular formula is C10H9BrN2S. The van der Waals surface area contributed by atoms with Gasteiger partial charge in [-0.15, -0.1) is 10.2 Å². The highest BCUT2D eigenvalue weighted by molar-refractivity contribution is 9.11. The first kappa shape index (κ1) is 9.80. The van der Waals surface area contributed by atoms with E-state index in [9.17, 15) is 0 Å². The fourth-order valence-corrected chi connectivity index (χ4v) is 2.42. The maximum absolute atomic E-state index is 4.06. The molecule has 2 nitrogen and oxygen atoms in total. The van der Waals surface area contributed by atoms with Crippen LogP contribution in [0.25, 0.3) is 0 Å². The lowest BCUT2D eigenvalue weighted by Crippen LogP contribution is -1.87. The molecule has 0 aliphatic carbocycles. The van der Waals surface area contributed by atoms with Gasteiger partial charge in [0, 0.05) is 6.42 Å². The van der Waals surface area contributed by atoms with E-state index in [1.807, 2.05) is 0 Å². The van der Waals surface area contributed by atoms with Crippen LogP contribution in [0.5, 0.6) is 0 Å². The van der Waals surface area contributed by atoms with Gasteiger partial charge in [-0.2, -0.15) is 0 Å². The normalized spacial score (nSPS) is 10.4. The molecule has 1 aromatic carbocycles. The average molecular weight is 269 g/mol. The van der Waals surface area contributed by atoms with Crippen molar-refractivity contribution in [1.82, 2.24) is 10.2 Å². The Hall–Kier alpha value is -0.740. The van der Waals surface area contributed by atoms with Crippen molar-refractivity contribution in [3.63, 3.8) is 0 Å². The molecule has 1 heterocycles. The topological polar surface area (TPSA) is 25.8 Å². The van der Waals surface area contributed by atoms with Crippen LogP contribution >= 0.6 is 27.3 Å². The summed E-state index contributed by atoms with van der Waals surface area (Å²) in [6, 6.07) is 8.49. The molecule has 4 heteroatoms. The van der Waals surface area contributed by atoms with Gasteiger partial charge in [-0.25, -0.2) is 0 Å². The monoisotopic (exact) mass is 268 g/mol. The van der Waals surface area contributed by atoms with E-state index in [-0.39, 0.29) is 0 Å². The summed E-state index contributed by atoms with van der Waals surface area (Å²) < 4.78 is 0.847. The van der Waals surface area contributed by atoms with Gasteiger partial charge < -0.3 is 0 Å². The second-order valence-corrected chi connectivity index (χ2v) is 5.45. The first-order valence-corrected chi connectivity index (χ1v) is 5.88. The summed E-state index contributed by atoms with van der Waals surface area (Å²) in [5, 5.41) is 9.01. The van der Waals surface area contributed by atoms with E-state index in [4.69, 9.17) is 0 Å². The fraction of sp³-hybridized carbons (Fsp3) is 0.200. The van der Waals surface area contributed by atoms with Gasteiger partial charge in [-0.05, 0) is 28.4 Å². The molecule has 0 spiro atoms. The standard InChI is InChI=1S/C10H9BrN2S/c1-7-2-4-8(5-3-7)6-9-12-13-10(11)14-9/h2-5H,6H2,1H3. The first-order chi connectivity index (χ1) is 6.74. The number of nitrogens with zero attached hydrogens (tertiary/aromatic N) is 2. The Labute approximate surface area is 95.1 Å². The number of rotatable bonds is 2. The predicted octanol–water partition coefficient (Wildman–Crippen LogP) is 3.20. The lowest BCUT2D eigenvalue weighted by Gasteiger charge is -1.97. The van der Waals surface area contributed by atoms with Crippen LogP contribution in [0, 0.1) is 6.92 Å². The zero-order valence-electron chi connectivity index (χ0n) is 7.70. The largest absolute Gasteiger partial charge is 0.183 e. The minimum absolute atomic E-state index is 0.847. The van der Waals surface area contributed by atoms with Crippen LogP contribution in [0.2, 0.25) is 0 Å². The Morgan fingerprint density at radius 3 is 2.50 bits per heavy atom. The molecule has 0 bridgehead atoms. The Morgan fingerprint density at radius 1 is 1.21 bits per heavy atom. The summed E-state index contributed by atoms with van der Waals surface area (Å²) in [5.41, 5.74) is 2.56. The summed E-state index contributed by atoms with van der Waals surface area (Å²) in [6.07, 6.45) is 0.865. The average Bonchev–Trinajstić information content (AvgIpc) is 2.56. The van der Waals surface area contributed by atoms with Crippen LogP contribution in [0.1, 0.15) is 16.1 Å². The third-order valence-corrected chi connectivity index (χ3v) is 3.27. The van der Waals surface area contributed by atoms with Crippen molar-refractivity contribution in [2.45, 2.75) is 13.3 Å². The van der Waals surface area contributed by atoms with Crippen LogP contribution in [0.15, 0.2) is 28.2 Å². The molecule has 0 unspecified atom stereocenters. The molecule has 1 aromatic heterocycles. The van der Waals surface area contributed by atoms with Crippen LogP contribution in [-0.4, -0.2) is 10.2 Å². The minimum atomic E-state index is 0.847. The molecule has 2 aromatic rings. The molecule has 72 valence electrons. The molecule has 0 aliphatic heterocycles. The van der Waals surface area contributed by atoms with E-state index in [1.54, 1.807) is 11.3 Å². The second kappa shape index (κ2) is 4.19. The Kier molecular flexibility index (Phi) is 2.93.